The highest BCUT2D eigenvalue weighted by Gasteiger charge is 2.29. The van der Waals surface area contributed by atoms with Gasteiger partial charge in [-0.2, -0.15) is 0 Å². The minimum Gasteiger partial charge on any atom is -0.341 e. The van der Waals surface area contributed by atoms with Gasteiger partial charge in [0, 0.05) is 23.0 Å². The Morgan fingerprint density at radius 3 is 2.94 bits per heavy atom. The van der Waals surface area contributed by atoms with E-state index in [2.05, 4.69) is 10.3 Å². The molecule has 0 spiro atoms. The Labute approximate surface area is 112 Å². The minimum absolute atomic E-state index is 0.650. The minimum atomic E-state index is 0.650. The van der Waals surface area contributed by atoms with Gasteiger partial charge in [-0.3, -0.25) is 0 Å². The Morgan fingerprint density at radius 1 is 1.44 bits per heavy atom. The van der Waals surface area contributed by atoms with Gasteiger partial charge < -0.3 is 10.3 Å². The maximum Gasteiger partial charge on any atom is 0.137 e. The van der Waals surface area contributed by atoms with Gasteiger partial charge in [0.25, 0.3) is 0 Å². The van der Waals surface area contributed by atoms with Gasteiger partial charge in [0.05, 0.1) is 11.4 Å². The molecule has 1 aliphatic rings. The van der Waals surface area contributed by atoms with Gasteiger partial charge in [-0.1, -0.05) is 23.7 Å². The molecule has 1 aromatic carbocycles. The number of nitrogens with zero attached hydrogens (tertiary/aromatic N) is 1. The van der Waals surface area contributed by atoms with Crippen LogP contribution in [0.15, 0.2) is 24.3 Å². The zero-order valence-corrected chi connectivity index (χ0v) is 11.1. The van der Waals surface area contributed by atoms with Crippen molar-refractivity contribution in [1.82, 2.24) is 15.3 Å². The predicted molar refractivity (Wildman–Crippen MR) is 73.8 cm³/mol. The second-order valence-electron chi connectivity index (χ2n) is 4.76. The summed E-state index contributed by atoms with van der Waals surface area (Å²) in [5.41, 5.74) is 3.47. The van der Waals surface area contributed by atoms with E-state index in [0.29, 0.717) is 5.92 Å². The highest BCUT2D eigenvalue weighted by atomic mass is 35.5. The van der Waals surface area contributed by atoms with E-state index < -0.39 is 0 Å². The molecular formula is C14H16ClN3. The number of aromatic amines is 1. The lowest BCUT2D eigenvalue weighted by Crippen LogP contribution is -2.07. The van der Waals surface area contributed by atoms with E-state index in [1.54, 1.807) is 0 Å². The van der Waals surface area contributed by atoms with Crippen LogP contribution >= 0.6 is 11.6 Å². The third-order valence-corrected chi connectivity index (χ3v) is 3.46. The molecule has 0 saturated heterocycles. The summed E-state index contributed by atoms with van der Waals surface area (Å²) in [5.74, 6) is 1.57. The lowest BCUT2D eigenvalue weighted by Gasteiger charge is -1.98. The molecule has 1 heterocycles. The zero-order valence-electron chi connectivity index (χ0n) is 10.3. The first-order chi connectivity index (χ1) is 8.78. The average molecular weight is 262 g/mol. The Balaban J connectivity index is 1.99. The molecule has 0 unspecified atom stereocenters. The van der Waals surface area contributed by atoms with E-state index in [4.69, 9.17) is 16.6 Å². The van der Waals surface area contributed by atoms with Crippen LogP contribution in [0, 0.1) is 0 Å². The summed E-state index contributed by atoms with van der Waals surface area (Å²) >= 11 is 6.02. The molecule has 0 amide bonds. The van der Waals surface area contributed by atoms with Gasteiger partial charge in [-0.25, -0.2) is 4.98 Å². The first-order valence-corrected chi connectivity index (χ1v) is 6.65. The molecule has 1 aromatic heterocycles. The predicted octanol–water partition coefficient (Wildman–Crippen LogP) is 3.33. The highest BCUT2D eigenvalue weighted by molar-refractivity contribution is 6.30. The van der Waals surface area contributed by atoms with Crippen LogP contribution < -0.4 is 5.32 Å². The summed E-state index contributed by atoms with van der Waals surface area (Å²) < 4.78 is 0. The van der Waals surface area contributed by atoms with Crippen molar-refractivity contribution in [2.24, 2.45) is 0 Å². The number of hydrogen-bond acceptors (Lipinski definition) is 2. The molecule has 1 saturated carbocycles. The molecule has 1 aliphatic carbocycles. The van der Waals surface area contributed by atoms with E-state index in [9.17, 15) is 0 Å². The largest absolute Gasteiger partial charge is 0.341 e. The first kappa shape index (κ1) is 11.8. The molecule has 0 bridgehead atoms. The van der Waals surface area contributed by atoms with Crippen molar-refractivity contribution in [2.45, 2.75) is 25.3 Å². The van der Waals surface area contributed by atoms with Crippen LogP contribution in [-0.4, -0.2) is 17.0 Å². The molecule has 4 heteroatoms. The van der Waals surface area contributed by atoms with Crippen LogP contribution in [0.1, 0.15) is 30.1 Å². The Morgan fingerprint density at radius 2 is 2.28 bits per heavy atom. The van der Waals surface area contributed by atoms with E-state index in [0.717, 1.165) is 23.0 Å². The van der Waals surface area contributed by atoms with Crippen molar-refractivity contribution in [3.8, 4) is 11.4 Å². The standard InChI is InChI=1S/C14H16ClN3/c1-16-8-12-13(9-5-6-9)18-14(17-12)10-3-2-4-11(15)7-10/h2-4,7,9,16H,5-6,8H2,1H3,(H,17,18). The lowest BCUT2D eigenvalue weighted by molar-refractivity contribution is 0.782. The lowest BCUT2D eigenvalue weighted by atomic mass is 10.2. The number of benzene rings is 1. The van der Waals surface area contributed by atoms with Crippen molar-refractivity contribution in [1.29, 1.82) is 0 Å². The summed E-state index contributed by atoms with van der Waals surface area (Å²) in [5, 5.41) is 3.93. The fourth-order valence-corrected chi connectivity index (χ4v) is 2.39. The van der Waals surface area contributed by atoms with E-state index in [1.165, 1.54) is 24.2 Å². The van der Waals surface area contributed by atoms with Gasteiger partial charge in [-0.15, -0.1) is 0 Å². The van der Waals surface area contributed by atoms with Crippen molar-refractivity contribution in [2.75, 3.05) is 7.05 Å². The second-order valence-corrected chi connectivity index (χ2v) is 5.20. The van der Waals surface area contributed by atoms with Gasteiger partial charge in [0.1, 0.15) is 5.82 Å². The number of imidazole rings is 1. The number of rotatable bonds is 4. The highest BCUT2D eigenvalue weighted by Crippen LogP contribution is 2.41. The molecular weight excluding hydrogens is 246 g/mol. The van der Waals surface area contributed by atoms with Crippen LogP contribution in [0.3, 0.4) is 0 Å². The summed E-state index contributed by atoms with van der Waals surface area (Å²) in [4.78, 5) is 8.16. The number of H-pyrrole nitrogens is 1. The number of nitrogens with one attached hydrogen (secondary N) is 2. The van der Waals surface area contributed by atoms with Crippen LogP contribution in [-0.2, 0) is 6.54 Å². The van der Waals surface area contributed by atoms with Gasteiger partial charge in [-0.05, 0) is 32.0 Å². The van der Waals surface area contributed by atoms with Crippen molar-refractivity contribution in [3.05, 3.63) is 40.7 Å². The number of hydrogen-bond donors (Lipinski definition) is 2. The van der Waals surface area contributed by atoms with E-state index >= 15 is 0 Å². The van der Waals surface area contributed by atoms with Crippen molar-refractivity contribution in [3.63, 3.8) is 0 Å². The van der Waals surface area contributed by atoms with Gasteiger partial charge in [0.2, 0.25) is 0 Å². The smallest absolute Gasteiger partial charge is 0.137 e. The van der Waals surface area contributed by atoms with Crippen LogP contribution in [0.4, 0.5) is 0 Å². The molecule has 2 N–H and O–H groups in total. The first-order valence-electron chi connectivity index (χ1n) is 6.27. The van der Waals surface area contributed by atoms with Crippen molar-refractivity contribution >= 4 is 11.6 Å². The number of aromatic nitrogens is 2. The van der Waals surface area contributed by atoms with E-state index in [-0.39, 0.29) is 0 Å². The Kier molecular flexibility index (Phi) is 3.10. The Hall–Kier alpha value is -1.32. The fourth-order valence-electron chi connectivity index (χ4n) is 2.20. The average Bonchev–Trinajstić information content (AvgIpc) is 3.12. The number of halogens is 1. The summed E-state index contributed by atoms with van der Waals surface area (Å²) in [6, 6.07) is 7.81. The molecule has 18 heavy (non-hydrogen) atoms. The quantitative estimate of drug-likeness (QED) is 0.886. The molecule has 0 radical (unpaired) electrons. The molecule has 2 aromatic rings. The molecule has 94 valence electrons. The monoisotopic (exact) mass is 261 g/mol. The summed E-state index contributed by atoms with van der Waals surface area (Å²) in [7, 11) is 1.95. The van der Waals surface area contributed by atoms with E-state index in [1.807, 2.05) is 31.3 Å². The van der Waals surface area contributed by atoms with Crippen molar-refractivity contribution < 1.29 is 0 Å². The molecule has 3 rings (SSSR count). The maximum atomic E-state index is 6.02. The molecule has 3 nitrogen and oxygen atoms in total. The topological polar surface area (TPSA) is 40.7 Å². The second kappa shape index (κ2) is 4.75. The zero-order chi connectivity index (χ0) is 12.5. The molecule has 0 atom stereocenters. The third-order valence-electron chi connectivity index (χ3n) is 3.23. The Bertz CT molecular complexity index is 558. The normalized spacial score (nSPS) is 15.0. The molecule has 0 aliphatic heterocycles. The maximum absolute atomic E-state index is 6.02. The fraction of sp³-hybridized carbons (Fsp3) is 0.357. The third kappa shape index (κ3) is 2.28. The van der Waals surface area contributed by atoms with Crippen LogP contribution in [0.25, 0.3) is 11.4 Å². The van der Waals surface area contributed by atoms with Crippen LogP contribution in [0.2, 0.25) is 5.02 Å². The van der Waals surface area contributed by atoms with Crippen LogP contribution in [0.5, 0.6) is 0 Å². The van der Waals surface area contributed by atoms with Gasteiger partial charge in [0.15, 0.2) is 0 Å². The van der Waals surface area contributed by atoms with Gasteiger partial charge >= 0.3 is 0 Å². The SMILES string of the molecule is CNCc1[nH]c(-c2cccc(Cl)c2)nc1C1CC1. The summed E-state index contributed by atoms with van der Waals surface area (Å²) in [6.07, 6.45) is 2.52. The molecule has 1 fully saturated rings. The summed E-state index contributed by atoms with van der Waals surface area (Å²) in [6.45, 7) is 0.833.